The minimum atomic E-state index is -0.351. The molecule has 2 heterocycles. The highest BCUT2D eigenvalue weighted by molar-refractivity contribution is 7.78. The fourth-order valence-electron chi connectivity index (χ4n) is 1.43. The number of thiol groups is 1. The smallest absolute Gasteiger partial charge is 0.399 e. The largest absolute Gasteiger partial charge is 0.498 e. The van der Waals surface area contributed by atoms with Crippen LogP contribution in [-0.2, 0) is 9.31 Å². The monoisotopic (exact) mass is 226 g/mol. The Morgan fingerprint density at radius 2 is 1.80 bits per heavy atom. The molecule has 0 saturated carbocycles. The lowest BCUT2D eigenvalue weighted by Crippen LogP contribution is -2.41. The Balaban J connectivity index is 2.23. The van der Waals surface area contributed by atoms with Crippen molar-refractivity contribution in [1.82, 2.24) is 9.19 Å². The van der Waals surface area contributed by atoms with E-state index >= 15 is 0 Å². The second kappa shape index (κ2) is 3.27. The Hall–Kier alpha value is -0.455. The normalized spacial score (nSPS) is 23.4. The molecule has 0 unspecified atom stereocenters. The third-order valence-electron chi connectivity index (χ3n) is 3.12. The first kappa shape index (κ1) is 11.0. The summed E-state index contributed by atoms with van der Waals surface area (Å²) in [7, 11) is -0.351. The Labute approximate surface area is 95.6 Å². The lowest BCUT2D eigenvalue weighted by Gasteiger charge is -2.32. The van der Waals surface area contributed by atoms with Crippen LogP contribution in [0.25, 0.3) is 0 Å². The number of hydrogen-bond donors (Lipinski definition) is 1. The number of nitrogens with zero attached hydrogens (tertiary/aromatic N) is 2. The SMILES string of the molecule is CC1(C)OB(c2cnn(S)c2)OC1(C)C. The van der Waals surface area contributed by atoms with Gasteiger partial charge in [-0.1, -0.05) is 0 Å². The van der Waals surface area contributed by atoms with Crippen molar-refractivity contribution in [1.29, 1.82) is 0 Å². The Kier molecular flexibility index (Phi) is 2.40. The fraction of sp³-hybridized carbons (Fsp3) is 0.667. The Bertz CT molecular complexity index is 362. The van der Waals surface area contributed by atoms with Gasteiger partial charge in [-0.05, 0) is 40.5 Å². The van der Waals surface area contributed by atoms with Gasteiger partial charge in [0.2, 0.25) is 0 Å². The molecular weight excluding hydrogens is 211 g/mol. The van der Waals surface area contributed by atoms with Crippen LogP contribution in [0.15, 0.2) is 12.4 Å². The summed E-state index contributed by atoms with van der Waals surface area (Å²) in [5.74, 6) is 0. The van der Waals surface area contributed by atoms with E-state index in [1.54, 1.807) is 12.4 Å². The summed E-state index contributed by atoms with van der Waals surface area (Å²) in [4.78, 5) is 0. The summed E-state index contributed by atoms with van der Waals surface area (Å²) in [6.07, 6.45) is 3.49. The highest BCUT2D eigenvalue weighted by Gasteiger charge is 2.52. The molecule has 1 fully saturated rings. The van der Waals surface area contributed by atoms with Crippen LogP contribution in [0, 0.1) is 0 Å². The lowest BCUT2D eigenvalue weighted by molar-refractivity contribution is 0.00578. The quantitative estimate of drug-likeness (QED) is 0.570. The molecule has 1 aliphatic heterocycles. The van der Waals surface area contributed by atoms with E-state index in [-0.39, 0.29) is 18.3 Å². The summed E-state index contributed by atoms with van der Waals surface area (Å²) < 4.78 is 13.2. The Morgan fingerprint density at radius 1 is 1.27 bits per heavy atom. The van der Waals surface area contributed by atoms with Crippen LogP contribution in [-0.4, -0.2) is 27.5 Å². The summed E-state index contributed by atoms with van der Waals surface area (Å²) in [5, 5.41) is 3.98. The van der Waals surface area contributed by atoms with Gasteiger partial charge in [0, 0.05) is 17.9 Å². The van der Waals surface area contributed by atoms with Crippen LogP contribution in [0.2, 0.25) is 0 Å². The van der Waals surface area contributed by atoms with Gasteiger partial charge in [0.05, 0.1) is 11.2 Å². The van der Waals surface area contributed by atoms with Crippen LogP contribution < -0.4 is 5.46 Å². The summed E-state index contributed by atoms with van der Waals surface area (Å²) >= 11 is 4.08. The molecule has 0 radical (unpaired) electrons. The molecule has 1 aromatic heterocycles. The summed E-state index contributed by atoms with van der Waals surface area (Å²) in [6.45, 7) is 8.10. The highest BCUT2D eigenvalue weighted by Crippen LogP contribution is 2.36. The van der Waals surface area contributed by atoms with E-state index in [1.807, 2.05) is 27.7 Å². The molecule has 0 spiro atoms. The van der Waals surface area contributed by atoms with Crippen LogP contribution in [0.5, 0.6) is 0 Å². The van der Waals surface area contributed by atoms with Gasteiger partial charge in [-0.3, -0.25) is 0 Å². The van der Waals surface area contributed by atoms with Crippen molar-refractivity contribution in [3.63, 3.8) is 0 Å². The predicted molar refractivity (Wildman–Crippen MR) is 62.3 cm³/mol. The average molecular weight is 226 g/mol. The predicted octanol–water partition coefficient (Wildman–Crippen LogP) is 0.875. The molecule has 6 heteroatoms. The molecule has 0 atom stereocenters. The van der Waals surface area contributed by atoms with E-state index in [9.17, 15) is 0 Å². The molecule has 0 aliphatic carbocycles. The summed E-state index contributed by atoms with van der Waals surface area (Å²) in [5.41, 5.74) is 0.274. The van der Waals surface area contributed by atoms with E-state index in [2.05, 4.69) is 17.9 Å². The molecule has 1 saturated heterocycles. The minimum absolute atomic E-state index is 0.309. The van der Waals surface area contributed by atoms with Gasteiger partial charge < -0.3 is 9.31 Å². The first-order valence-corrected chi connectivity index (χ1v) is 5.31. The summed E-state index contributed by atoms with van der Waals surface area (Å²) in [6, 6.07) is 0. The van der Waals surface area contributed by atoms with Crippen molar-refractivity contribution < 1.29 is 9.31 Å². The molecule has 0 N–H and O–H groups in total. The maximum atomic E-state index is 5.85. The molecule has 82 valence electrons. The van der Waals surface area contributed by atoms with Crippen LogP contribution in [0.4, 0.5) is 0 Å². The average Bonchev–Trinajstić information content (AvgIpc) is 2.56. The van der Waals surface area contributed by atoms with Crippen molar-refractivity contribution in [3.8, 4) is 0 Å². The third kappa shape index (κ3) is 1.81. The second-order valence-corrected chi connectivity index (χ2v) is 5.19. The van der Waals surface area contributed by atoms with Crippen molar-refractivity contribution in [2.75, 3.05) is 0 Å². The standard InChI is InChI=1S/C9H15BN2O2S/c1-8(2)9(3,4)14-10(13-8)7-5-11-12(15)6-7/h5-6,15H,1-4H3. The molecule has 1 aliphatic rings. The van der Waals surface area contributed by atoms with E-state index in [1.165, 1.54) is 4.09 Å². The first-order valence-electron chi connectivity index (χ1n) is 4.91. The zero-order valence-corrected chi connectivity index (χ0v) is 10.3. The third-order valence-corrected chi connectivity index (χ3v) is 3.33. The topological polar surface area (TPSA) is 36.3 Å². The maximum Gasteiger partial charge on any atom is 0.498 e. The van der Waals surface area contributed by atoms with Gasteiger partial charge >= 0.3 is 7.12 Å². The molecule has 15 heavy (non-hydrogen) atoms. The van der Waals surface area contributed by atoms with Crippen molar-refractivity contribution in [3.05, 3.63) is 12.4 Å². The number of aromatic nitrogens is 2. The number of hydrogen-bond acceptors (Lipinski definition) is 4. The van der Waals surface area contributed by atoms with Crippen molar-refractivity contribution >= 4 is 25.4 Å². The van der Waals surface area contributed by atoms with Crippen molar-refractivity contribution in [2.45, 2.75) is 38.9 Å². The molecule has 0 amide bonds. The minimum Gasteiger partial charge on any atom is -0.399 e. The molecule has 2 rings (SSSR count). The first-order chi connectivity index (χ1) is 6.82. The fourth-order valence-corrected chi connectivity index (χ4v) is 1.61. The van der Waals surface area contributed by atoms with Gasteiger partial charge in [0.15, 0.2) is 0 Å². The molecule has 0 bridgehead atoms. The molecule has 1 aromatic rings. The maximum absolute atomic E-state index is 5.85. The van der Waals surface area contributed by atoms with Gasteiger partial charge in [-0.25, -0.2) is 4.09 Å². The van der Waals surface area contributed by atoms with Gasteiger partial charge in [0.25, 0.3) is 0 Å². The van der Waals surface area contributed by atoms with Crippen LogP contribution >= 0.6 is 12.8 Å². The van der Waals surface area contributed by atoms with Crippen molar-refractivity contribution in [2.24, 2.45) is 0 Å². The highest BCUT2D eigenvalue weighted by atomic mass is 32.1. The zero-order chi connectivity index (χ0) is 11.3. The van der Waals surface area contributed by atoms with Gasteiger partial charge in [-0.15, -0.1) is 0 Å². The molecule has 4 nitrogen and oxygen atoms in total. The molecular formula is C9H15BN2O2S. The van der Waals surface area contributed by atoms with Crippen LogP contribution in [0.1, 0.15) is 27.7 Å². The van der Waals surface area contributed by atoms with Gasteiger partial charge in [-0.2, -0.15) is 5.10 Å². The Morgan fingerprint density at radius 3 is 2.20 bits per heavy atom. The van der Waals surface area contributed by atoms with E-state index in [0.29, 0.717) is 0 Å². The van der Waals surface area contributed by atoms with E-state index < -0.39 is 0 Å². The van der Waals surface area contributed by atoms with Crippen LogP contribution in [0.3, 0.4) is 0 Å². The van der Waals surface area contributed by atoms with Gasteiger partial charge in [0.1, 0.15) is 0 Å². The van der Waals surface area contributed by atoms with E-state index in [0.717, 1.165) is 5.46 Å². The number of rotatable bonds is 1. The van der Waals surface area contributed by atoms with E-state index in [4.69, 9.17) is 9.31 Å². The lowest BCUT2D eigenvalue weighted by atomic mass is 9.82. The zero-order valence-electron chi connectivity index (χ0n) is 9.39. The second-order valence-electron chi connectivity index (χ2n) is 4.78. The molecule has 0 aromatic carbocycles.